The Kier molecular flexibility index (Phi) is 3.73. The largest absolute Gasteiger partial charge is 0.351 e. The number of aromatic nitrogens is 3. The van der Waals surface area contributed by atoms with E-state index in [0.717, 1.165) is 36.6 Å². The van der Waals surface area contributed by atoms with Crippen LogP contribution < -0.4 is 5.32 Å². The molecular weight excluding hydrogens is 264 g/mol. The Balaban J connectivity index is 1.82. The smallest absolute Gasteiger partial charge is 0.222 e. The minimum atomic E-state index is 0.0147. The molecule has 1 atom stereocenters. The molecule has 2 aromatic rings. The summed E-state index contributed by atoms with van der Waals surface area (Å²) in [7, 11) is 0. The van der Waals surface area contributed by atoms with Crippen LogP contribution >= 0.6 is 0 Å². The van der Waals surface area contributed by atoms with Gasteiger partial charge in [0, 0.05) is 30.5 Å². The maximum absolute atomic E-state index is 11.9. The fourth-order valence-electron chi connectivity index (χ4n) is 2.61. The Labute approximate surface area is 124 Å². The van der Waals surface area contributed by atoms with Crippen molar-refractivity contribution < 1.29 is 4.79 Å². The van der Waals surface area contributed by atoms with Crippen LogP contribution in [0.1, 0.15) is 26.1 Å². The number of fused-ring (bicyclic) bond motifs is 1. The van der Waals surface area contributed by atoms with Gasteiger partial charge in [0.05, 0.1) is 0 Å². The average molecular weight is 284 g/mol. The zero-order chi connectivity index (χ0) is 14.8. The van der Waals surface area contributed by atoms with E-state index in [0.29, 0.717) is 0 Å². The van der Waals surface area contributed by atoms with Gasteiger partial charge in [-0.2, -0.15) is 0 Å². The standard InChI is InChI=1S/C16H20N4O/c1-11(2)16(21)17-13-8-9-14-18-19-15(20(14)10-13)12-6-4-3-5-7-12/h3-7,11,13H,8-10H2,1-2H3,(H,17,21). The summed E-state index contributed by atoms with van der Waals surface area (Å²) in [5.74, 6) is 2.01. The number of benzene rings is 1. The van der Waals surface area contributed by atoms with Gasteiger partial charge in [0.1, 0.15) is 5.82 Å². The number of nitrogens with one attached hydrogen (secondary N) is 1. The topological polar surface area (TPSA) is 59.8 Å². The van der Waals surface area contributed by atoms with E-state index in [1.807, 2.05) is 44.2 Å². The molecule has 1 amide bonds. The van der Waals surface area contributed by atoms with E-state index >= 15 is 0 Å². The van der Waals surface area contributed by atoms with Gasteiger partial charge in [-0.3, -0.25) is 4.79 Å². The molecule has 5 heteroatoms. The lowest BCUT2D eigenvalue weighted by Crippen LogP contribution is -2.42. The molecule has 1 unspecified atom stereocenters. The predicted octanol–water partition coefficient (Wildman–Crippen LogP) is 2.03. The SMILES string of the molecule is CC(C)C(=O)NC1CCc2nnc(-c3ccccc3)n2C1. The van der Waals surface area contributed by atoms with E-state index in [1.165, 1.54) is 0 Å². The van der Waals surface area contributed by atoms with Crippen molar-refractivity contribution in [2.24, 2.45) is 5.92 Å². The van der Waals surface area contributed by atoms with Crippen LogP contribution in [-0.4, -0.2) is 26.7 Å². The van der Waals surface area contributed by atoms with Gasteiger partial charge in [0.25, 0.3) is 0 Å². The highest BCUT2D eigenvalue weighted by Gasteiger charge is 2.25. The summed E-state index contributed by atoms with van der Waals surface area (Å²) in [5.41, 5.74) is 1.06. The molecule has 0 radical (unpaired) electrons. The number of aryl methyl sites for hydroxylation is 1. The second-order valence-electron chi connectivity index (χ2n) is 5.82. The lowest BCUT2D eigenvalue weighted by molar-refractivity contribution is -0.124. The number of nitrogens with zero attached hydrogens (tertiary/aromatic N) is 3. The van der Waals surface area contributed by atoms with Gasteiger partial charge in [0.2, 0.25) is 5.91 Å². The molecule has 1 aromatic heterocycles. The molecule has 0 fully saturated rings. The molecule has 3 rings (SSSR count). The van der Waals surface area contributed by atoms with Gasteiger partial charge in [-0.15, -0.1) is 10.2 Å². The first-order valence-corrected chi connectivity index (χ1v) is 7.43. The molecule has 1 aliphatic heterocycles. The molecule has 0 bridgehead atoms. The highest BCUT2D eigenvalue weighted by atomic mass is 16.1. The number of carbonyl (C=O) groups is 1. The van der Waals surface area contributed by atoms with Crippen LogP contribution in [0.25, 0.3) is 11.4 Å². The molecule has 1 aliphatic rings. The van der Waals surface area contributed by atoms with Crippen LogP contribution in [-0.2, 0) is 17.8 Å². The number of carbonyl (C=O) groups excluding carboxylic acids is 1. The van der Waals surface area contributed by atoms with Crippen molar-refractivity contribution >= 4 is 5.91 Å². The van der Waals surface area contributed by atoms with Crippen molar-refractivity contribution in [1.29, 1.82) is 0 Å². The van der Waals surface area contributed by atoms with Crippen LogP contribution in [0, 0.1) is 5.92 Å². The fraction of sp³-hybridized carbons (Fsp3) is 0.438. The molecule has 1 N–H and O–H groups in total. The first-order valence-electron chi connectivity index (χ1n) is 7.43. The zero-order valence-electron chi connectivity index (χ0n) is 12.4. The summed E-state index contributed by atoms with van der Waals surface area (Å²) in [6.07, 6.45) is 1.77. The first-order chi connectivity index (χ1) is 10.1. The summed E-state index contributed by atoms with van der Waals surface area (Å²) in [6.45, 7) is 4.57. The van der Waals surface area contributed by atoms with Gasteiger partial charge < -0.3 is 9.88 Å². The number of hydrogen-bond acceptors (Lipinski definition) is 3. The Morgan fingerprint density at radius 2 is 2.05 bits per heavy atom. The molecule has 0 aliphatic carbocycles. The second-order valence-corrected chi connectivity index (χ2v) is 5.82. The summed E-state index contributed by atoms with van der Waals surface area (Å²) in [6, 6.07) is 10.2. The van der Waals surface area contributed by atoms with Gasteiger partial charge in [-0.05, 0) is 6.42 Å². The lowest BCUT2D eigenvalue weighted by atomic mass is 10.1. The lowest BCUT2D eigenvalue weighted by Gasteiger charge is -2.26. The van der Waals surface area contributed by atoms with Gasteiger partial charge in [-0.25, -0.2) is 0 Å². The summed E-state index contributed by atoms with van der Waals surface area (Å²) in [4.78, 5) is 11.9. The molecule has 2 heterocycles. The molecular formula is C16H20N4O. The molecule has 110 valence electrons. The van der Waals surface area contributed by atoms with E-state index < -0.39 is 0 Å². The van der Waals surface area contributed by atoms with Crippen molar-refractivity contribution in [1.82, 2.24) is 20.1 Å². The Hall–Kier alpha value is -2.17. The van der Waals surface area contributed by atoms with Crippen molar-refractivity contribution in [2.45, 2.75) is 39.3 Å². The summed E-state index contributed by atoms with van der Waals surface area (Å²) < 4.78 is 2.13. The van der Waals surface area contributed by atoms with Crippen molar-refractivity contribution in [3.8, 4) is 11.4 Å². The van der Waals surface area contributed by atoms with E-state index in [-0.39, 0.29) is 17.9 Å². The maximum Gasteiger partial charge on any atom is 0.222 e. The third kappa shape index (κ3) is 2.82. The van der Waals surface area contributed by atoms with E-state index in [2.05, 4.69) is 20.1 Å². The Morgan fingerprint density at radius 3 is 2.76 bits per heavy atom. The van der Waals surface area contributed by atoms with Crippen LogP contribution in [0.4, 0.5) is 0 Å². The van der Waals surface area contributed by atoms with E-state index in [4.69, 9.17) is 0 Å². The van der Waals surface area contributed by atoms with Crippen LogP contribution in [0.2, 0.25) is 0 Å². The minimum Gasteiger partial charge on any atom is -0.351 e. The molecule has 5 nitrogen and oxygen atoms in total. The van der Waals surface area contributed by atoms with Crippen LogP contribution in [0.5, 0.6) is 0 Å². The third-order valence-corrected chi connectivity index (χ3v) is 3.85. The highest BCUT2D eigenvalue weighted by Crippen LogP contribution is 2.22. The molecule has 21 heavy (non-hydrogen) atoms. The normalized spacial score (nSPS) is 17.6. The van der Waals surface area contributed by atoms with Gasteiger partial charge >= 0.3 is 0 Å². The minimum absolute atomic E-state index is 0.0147. The zero-order valence-corrected chi connectivity index (χ0v) is 12.4. The highest BCUT2D eigenvalue weighted by molar-refractivity contribution is 5.78. The molecule has 0 spiro atoms. The second kappa shape index (κ2) is 5.68. The van der Waals surface area contributed by atoms with Crippen molar-refractivity contribution in [3.05, 3.63) is 36.2 Å². The quantitative estimate of drug-likeness (QED) is 0.938. The van der Waals surface area contributed by atoms with E-state index in [9.17, 15) is 4.79 Å². The molecule has 0 saturated carbocycles. The molecule has 1 aromatic carbocycles. The number of amides is 1. The predicted molar refractivity (Wildman–Crippen MR) is 80.5 cm³/mol. The Bertz CT molecular complexity index is 633. The van der Waals surface area contributed by atoms with Gasteiger partial charge in [0.15, 0.2) is 5.82 Å². The van der Waals surface area contributed by atoms with E-state index in [1.54, 1.807) is 0 Å². The number of hydrogen-bond donors (Lipinski definition) is 1. The van der Waals surface area contributed by atoms with Crippen molar-refractivity contribution in [2.75, 3.05) is 0 Å². The average Bonchev–Trinajstić information content (AvgIpc) is 2.91. The summed E-state index contributed by atoms with van der Waals surface area (Å²) >= 11 is 0. The maximum atomic E-state index is 11.9. The summed E-state index contributed by atoms with van der Waals surface area (Å²) in [5, 5.41) is 11.7. The Morgan fingerprint density at radius 1 is 1.29 bits per heavy atom. The van der Waals surface area contributed by atoms with Crippen LogP contribution in [0.3, 0.4) is 0 Å². The third-order valence-electron chi connectivity index (χ3n) is 3.85. The molecule has 0 saturated heterocycles. The van der Waals surface area contributed by atoms with Crippen LogP contribution in [0.15, 0.2) is 30.3 Å². The monoisotopic (exact) mass is 284 g/mol. The number of rotatable bonds is 3. The van der Waals surface area contributed by atoms with Crippen molar-refractivity contribution in [3.63, 3.8) is 0 Å². The fourth-order valence-corrected chi connectivity index (χ4v) is 2.61. The van der Waals surface area contributed by atoms with Gasteiger partial charge in [-0.1, -0.05) is 44.2 Å². The first kappa shape index (κ1) is 13.8.